The highest BCUT2D eigenvalue weighted by Crippen LogP contribution is 2.27. The largest absolute Gasteiger partial charge is 0.325 e. The fraction of sp³-hybridized carbons (Fsp3) is 0.462. The van der Waals surface area contributed by atoms with Crippen LogP contribution in [-0.2, 0) is 14.8 Å². The standard InChI is InChI=1S/C13H16Br2N2O3S/c1-21(19,20)17-6-2-3-9(8-17)13(18)16-12-5-4-10(14)7-11(12)15/h4-5,7,9H,2-3,6,8H2,1H3,(H,16,18). The van der Waals surface area contributed by atoms with E-state index in [1.165, 1.54) is 10.6 Å². The molecule has 2 rings (SSSR count). The van der Waals surface area contributed by atoms with Crippen molar-refractivity contribution in [3.8, 4) is 0 Å². The van der Waals surface area contributed by atoms with Gasteiger partial charge in [-0.15, -0.1) is 0 Å². The maximum absolute atomic E-state index is 12.3. The second kappa shape index (κ2) is 6.76. The summed E-state index contributed by atoms with van der Waals surface area (Å²) in [6.45, 7) is 0.739. The van der Waals surface area contributed by atoms with Crippen molar-refractivity contribution in [1.29, 1.82) is 0 Å². The summed E-state index contributed by atoms with van der Waals surface area (Å²) in [5, 5.41) is 2.85. The van der Waals surface area contributed by atoms with Gasteiger partial charge in [0.05, 0.1) is 17.9 Å². The molecule has 5 nitrogen and oxygen atoms in total. The molecule has 8 heteroatoms. The molecule has 0 aliphatic carbocycles. The van der Waals surface area contributed by atoms with Gasteiger partial charge in [-0.1, -0.05) is 15.9 Å². The van der Waals surface area contributed by atoms with Crippen molar-refractivity contribution in [2.45, 2.75) is 12.8 Å². The highest BCUT2D eigenvalue weighted by atomic mass is 79.9. The molecular formula is C13H16Br2N2O3S. The number of carbonyl (C=O) groups excluding carboxylic acids is 1. The van der Waals surface area contributed by atoms with Crippen molar-refractivity contribution in [3.63, 3.8) is 0 Å². The lowest BCUT2D eigenvalue weighted by Gasteiger charge is -2.30. The molecule has 0 spiro atoms. The highest BCUT2D eigenvalue weighted by Gasteiger charge is 2.30. The lowest BCUT2D eigenvalue weighted by Crippen LogP contribution is -2.43. The Hall–Kier alpha value is -0.440. The highest BCUT2D eigenvalue weighted by molar-refractivity contribution is 9.11. The quantitative estimate of drug-likeness (QED) is 0.787. The summed E-state index contributed by atoms with van der Waals surface area (Å²) in [7, 11) is -3.24. The summed E-state index contributed by atoms with van der Waals surface area (Å²) < 4.78 is 26.2. The van der Waals surface area contributed by atoms with E-state index in [2.05, 4.69) is 37.2 Å². The first-order valence-corrected chi connectivity index (χ1v) is 9.92. The van der Waals surface area contributed by atoms with Gasteiger partial charge in [-0.25, -0.2) is 12.7 Å². The molecule has 1 unspecified atom stereocenters. The van der Waals surface area contributed by atoms with Crippen molar-refractivity contribution < 1.29 is 13.2 Å². The predicted molar refractivity (Wildman–Crippen MR) is 89.6 cm³/mol. The van der Waals surface area contributed by atoms with Crippen molar-refractivity contribution >= 4 is 53.5 Å². The van der Waals surface area contributed by atoms with Gasteiger partial charge in [0.15, 0.2) is 0 Å². The third-order valence-electron chi connectivity index (χ3n) is 3.41. The zero-order valence-corrected chi connectivity index (χ0v) is 15.5. The molecule has 116 valence electrons. The summed E-state index contributed by atoms with van der Waals surface area (Å²) in [5.74, 6) is -0.463. The van der Waals surface area contributed by atoms with Crippen molar-refractivity contribution in [2.75, 3.05) is 24.7 Å². The number of halogens is 2. The van der Waals surface area contributed by atoms with E-state index in [1.54, 1.807) is 6.07 Å². The molecule has 1 aliphatic heterocycles. The normalized spacial score (nSPS) is 20.2. The first-order chi connectivity index (χ1) is 9.77. The van der Waals surface area contributed by atoms with Gasteiger partial charge in [0, 0.05) is 22.0 Å². The molecule has 0 saturated carbocycles. The van der Waals surface area contributed by atoms with Crippen LogP contribution in [0.25, 0.3) is 0 Å². The molecule has 1 atom stereocenters. The smallest absolute Gasteiger partial charge is 0.228 e. The number of piperidine rings is 1. The van der Waals surface area contributed by atoms with Crippen molar-refractivity contribution in [3.05, 3.63) is 27.1 Å². The van der Waals surface area contributed by atoms with Crippen LogP contribution in [0.4, 0.5) is 5.69 Å². The van der Waals surface area contributed by atoms with Gasteiger partial charge in [0.1, 0.15) is 0 Å². The van der Waals surface area contributed by atoms with Gasteiger partial charge >= 0.3 is 0 Å². The minimum atomic E-state index is -3.24. The molecule has 1 N–H and O–H groups in total. The number of nitrogens with zero attached hydrogens (tertiary/aromatic N) is 1. The van der Waals surface area contributed by atoms with Crippen LogP contribution in [0.15, 0.2) is 27.1 Å². The van der Waals surface area contributed by atoms with Crippen LogP contribution in [0.5, 0.6) is 0 Å². The average Bonchev–Trinajstić information content (AvgIpc) is 2.41. The summed E-state index contributed by atoms with van der Waals surface area (Å²) in [5.41, 5.74) is 0.680. The maximum Gasteiger partial charge on any atom is 0.228 e. The number of carbonyl (C=O) groups is 1. The van der Waals surface area contributed by atoms with Crippen molar-refractivity contribution in [1.82, 2.24) is 4.31 Å². The Morgan fingerprint density at radius 1 is 1.38 bits per heavy atom. The predicted octanol–water partition coefficient (Wildman–Crippen LogP) is 2.82. The number of hydrogen-bond acceptors (Lipinski definition) is 3. The first-order valence-electron chi connectivity index (χ1n) is 6.48. The number of rotatable bonds is 3. The number of hydrogen-bond donors (Lipinski definition) is 1. The minimum Gasteiger partial charge on any atom is -0.325 e. The summed E-state index contributed by atoms with van der Waals surface area (Å²) in [6.07, 6.45) is 2.58. The third kappa shape index (κ3) is 4.51. The molecule has 1 aliphatic rings. The van der Waals surface area contributed by atoms with E-state index >= 15 is 0 Å². The molecule has 1 saturated heterocycles. The molecule has 0 bridgehead atoms. The second-order valence-electron chi connectivity index (χ2n) is 5.07. The third-order valence-corrected chi connectivity index (χ3v) is 5.83. The number of nitrogens with one attached hydrogen (secondary N) is 1. The number of anilines is 1. The van der Waals surface area contributed by atoms with E-state index in [0.29, 0.717) is 25.1 Å². The molecule has 0 aromatic heterocycles. The Morgan fingerprint density at radius 2 is 2.10 bits per heavy atom. The Bertz CT molecular complexity index is 649. The molecule has 1 heterocycles. The topological polar surface area (TPSA) is 66.5 Å². The van der Waals surface area contributed by atoms with Crippen LogP contribution in [0, 0.1) is 5.92 Å². The number of amides is 1. The molecule has 0 radical (unpaired) electrons. The monoisotopic (exact) mass is 438 g/mol. The van der Waals surface area contributed by atoms with Gasteiger partial charge in [-0.05, 0) is 47.0 Å². The Morgan fingerprint density at radius 3 is 2.71 bits per heavy atom. The summed E-state index contributed by atoms with van der Waals surface area (Å²) in [6, 6.07) is 5.48. The average molecular weight is 440 g/mol. The van der Waals surface area contributed by atoms with Crippen LogP contribution >= 0.6 is 31.9 Å². The molecule has 1 aromatic carbocycles. The van der Waals surface area contributed by atoms with Crippen LogP contribution in [0.1, 0.15) is 12.8 Å². The van der Waals surface area contributed by atoms with Gasteiger partial charge in [0.2, 0.25) is 15.9 Å². The summed E-state index contributed by atoms with van der Waals surface area (Å²) in [4.78, 5) is 12.3. The van der Waals surface area contributed by atoms with Gasteiger partial charge in [-0.3, -0.25) is 4.79 Å². The van der Waals surface area contributed by atoms with E-state index in [0.717, 1.165) is 8.95 Å². The van der Waals surface area contributed by atoms with Crippen molar-refractivity contribution in [2.24, 2.45) is 5.92 Å². The molecule has 21 heavy (non-hydrogen) atoms. The van der Waals surface area contributed by atoms with E-state index in [-0.39, 0.29) is 18.4 Å². The van der Waals surface area contributed by atoms with Crippen LogP contribution in [-0.4, -0.2) is 38.0 Å². The molecule has 1 fully saturated rings. The van der Waals surface area contributed by atoms with E-state index in [9.17, 15) is 13.2 Å². The maximum atomic E-state index is 12.3. The molecule has 1 aromatic rings. The van der Waals surface area contributed by atoms with Gasteiger partial charge in [0.25, 0.3) is 0 Å². The summed E-state index contributed by atoms with van der Waals surface area (Å²) >= 11 is 6.74. The van der Waals surface area contributed by atoms with Gasteiger partial charge in [-0.2, -0.15) is 0 Å². The Labute approximate surface area is 141 Å². The number of sulfonamides is 1. The fourth-order valence-corrected chi connectivity index (χ4v) is 4.34. The van der Waals surface area contributed by atoms with Crippen LogP contribution < -0.4 is 5.32 Å². The zero-order valence-electron chi connectivity index (χ0n) is 11.5. The molecular weight excluding hydrogens is 424 g/mol. The van der Waals surface area contributed by atoms with E-state index in [1.807, 2.05) is 12.1 Å². The first kappa shape index (κ1) is 16.9. The van der Waals surface area contributed by atoms with E-state index < -0.39 is 10.0 Å². The van der Waals surface area contributed by atoms with Gasteiger partial charge < -0.3 is 5.32 Å². The van der Waals surface area contributed by atoms with E-state index in [4.69, 9.17) is 0 Å². The lowest BCUT2D eigenvalue weighted by molar-refractivity contribution is -0.120. The second-order valence-corrected chi connectivity index (χ2v) is 8.83. The minimum absolute atomic E-state index is 0.147. The Kier molecular flexibility index (Phi) is 5.45. The van der Waals surface area contributed by atoms with Crippen LogP contribution in [0.2, 0.25) is 0 Å². The van der Waals surface area contributed by atoms with Crippen LogP contribution in [0.3, 0.4) is 0 Å². The lowest BCUT2D eigenvalue weighted by atomic mass is 9.99. The SMILES string of the molecule is CS(=O)(=O)N1CCCC(C(=O)Nc2ccc(Br)cc2Br)C1. The fourth-order valence-electron chi connectivity index (χ4n) is 2.28. The Balaban J connectivity index is 2.06. The molecule has 1 amide bonds. The number of benzene rings is 1. The zero-order chi connectivity index (χ0) is 15.6.